The van der Waals surface area contributed by atoms with E-state index in [2.05, 4.69) is 40.3 Å². The smallest absolute Gasteiger partial charge is 0.134 e. The van der Waals surface area contributed by atoms with Crippen molar-refractivity contribution in [3.05, 3.63) is 58.1 Å². The van der Waals surface area contributed by atoms with E-state index in [1.165, 1.54) is 5.56 Å². The molecule has 21 heavy (non-hydrogen) atoms. The molecule has 0 fully saturated rings. The molecule has 2 rings (SSSR count). The first-order valence-electron chi connectivity index (χ1n) is 6.97. The Labute approximate surface area is 134 Å². The van der Waals surface area contributed by atoms with Gasteiger partial charge in [-0.05, 0) is 57.9 Å². The summed E-state index contributed by atoms with van der Waals surface area (Å²) in [6.07, 6.45) is 0. The molecule has 0 aliphatic carbocycles. The third kappa shape index (κ3) is 4.76. The Bertz CT molecular complexity index is 570. The van der Waals surface area contributed by atoms with Crippen molar-refractivity contribution in [1.29, 1.82) is 0 Å². The van der Waals surface area contributed by atoms with Crippen LogP contribution in [0, 0.1) is 0 Å². The van der Waals surface area contributed by atoms with Gasteiger partial charge in [-0.3, -0.25) is 0 Å². The predicted molar refractivity (Wildman–Crippen MR) is 88.8 cm³/mol. The quantitative estimate of drug-likeness (QED) is 0.814. The summed E-state index contributed by atoms with van der Waals surface area (Å²) >= 11 is 3.56. The van der Waals surface area contributed by atoms with E-state index in [4.69, 9.17) is 9.47 Å². The van der Waals surface area contributed by atoms with E-state index in [9.17, 15) is 0 Å². The van der Waals surface area contributed by atoms with Crippen molar-refractivity contribution >= 4 is 15.9 Å². The highest BCUT2D eigenvalue weighted by Gasteiger charge is 2.03. The van der Waals surface area contributed by atoms with Gasteiger partial charge < -0.3 is 14.8 Å². The summed E-state index contributed by atoms with van der Waals surface area (Å²) in [6.45, 7) is 4.47. The molecular weight excluding hydrogens is 330 g/mol. The molecule has 0 aliphatic rings. The van der Waals surface area contributed by atoms with E-state index < -0.39 is 0 Å². The minimum atomic E-state index is 0.537. The van der Waals surface area contributed by atoms with E-state index >= 15 is 0 Å². The predicted octanol–water partition coefficient (Wildman–Crippen LogP) is 4.15. The lowest BCUT2D eigenvalue weighted by Crippen LogP contribution is -2.11. The van der Waals surface area contributed by atoms with Crippen molar-refractivity contribution in [3.8, 4) is 11.5 Å². The number of methoxy groups -OCH3 is 1. The zero-order chi connectivity index (χ0) is 15.1. The van der Waals surface area contributed by atoms with Gasteiger partial charge in [0.2, 0.25) is 0 Å². The summed E-state index contributed by atoms with van der Waals surface area (Å²) in [6, 6.07) is 14.1. The van der Waals surface area contributed by atoms with Gasteiger partial charge in [0.1, 0.15) is 18.1 Å². The van der Waals surface area contributed by atoms with Crippen LogP contribution < -0.4 is 14.8 Å². The molecule has 0 aromatic heterocycles. The van der Waals surface area contributed by atoms with Gasteiger partial charge in [0.25, 0.3) is 0 Å². The molecule has 1 N–H and O–H groups in total. The van der Waals surface area contributed by atoms with Crippen LogP contribution in [-0.4, -0.2) is 13.7 Å². The third-order valence-electron chi connectivity index (χ3n) is 3.13. The highest BCUT2D eigenvalue weighted by Crippen LogP contribution is 2.27. The molecule has 0 heterocycles. The SMILES string of the molecule is CCNCc1ccc(OCc2ccc(OC)cc2)c(Br)c1. The fourth-order valence-corrected chi connectivity index (χ4v) is 2.46. The van der Waals surface area contributed by atoms with Crippen molar-refractivity contribution < 1.29 is 9.47 Å². The topological polar surface area (TPSA) is 30.5 Å². The Hall–Kier alpha value is -1.52. The first-order chi connectivity index (χ1) is 10.2. The van der Waals surface area contributed by atoms with Crippen molar-refractivity contribution in [2.75, 3.05) is 13.7 Å². The molecule has 0 bridgehead atoms. The zero-order valence-corrected chi connectivity index (χ0v) is 13.9. The molecular formula is C17H20BrNO2. The van der Waals surface area contributed by atoms with E-state index in [1.807, 2.05) is 30.3 Å². The zero-order valence-electron chi connectivity index (χ0n) is 12.4. The Morgan fingerprint density at radius 3 is 2.38 bits per heavy atom. The van der Waals surface area contributed by atoms with Crippen molar-refractivity contribution in [1.82, 2.24) is 5.32 Å². The number of rotatable bonds is 7. The molecule has 3 nitrogen and oxygen atoms in total. The second kappa shape index (κ2) is 8.05. The maximum absolute atomic E-state index is 5.85. The van der Waals surface area contributed by atoms with Gasteiger partial charge in [0.05, 0.1) is 11.6 Å². The van der Waals surface area contributed by atoms with E-state index in [0.29, 0.717) is 6.61 Å². The highest BCUT2D eigenvalue weighted by molar-refractivity contribution is 9.10. The maximum atomic E-state index is 5.85. The Kier molecular flexibility index (Phi) is 6.08. The van der Waals surface area contributed by atoms with Crippen molar-refractivity contribution in [2.45, 2.75) is 20.1 Å². The second-order valence-electron chi connectivity index (χ2n) is 4.68. The lowest BCUT2D eigenvalue weighted by molar-refractivity contribution is 0.304. The maximum Gasteiger partial charge on any atom is 0.134 e. The van der Waals surface area contributed by atoms with Crippen LogP contribution in [0.4, 0.5) is 0 Å². The van der Waals surface area contributed by atoms with E-state index in [0.717, 1.165) is 34.6 Å². The largest absolute Gasteiger partial charge is 0.497 e. The molecule has 0 spiro atoms. The second-order valence-corrected chi connectivity index (χ2v) is 5.54. The molecule has 2 aromatic rings. The molecule has 0 atom stereocenters. The molecule has 112 valence electrons. The van der Waals surface area contributed by atoms with Crippen molar-refractivity contribution in [3.63, 3.8) is 0 Å². The number of nitrogens with one attached hydrogen (secondary N) is 1. The summed E-state index contributed by atoms with van der Waals surface area (Å²) in [4.78, 5) is 0. The van der Waals surface area contributed by atoms with Crippen LogP contribution in [0.25, 0.3) is 0 Å². The average Bonchev–Trinajstić information content (AvgIpc) is 2.52. The number of hydrogen-bond acceptors (Lipinski definition) is 3. The number of ether oxygens (including phenoxy) is 2. The molecule has 2 aromatic carbocycles. The molecule has 0 radical (unpaired) electrons. The van der Waals surface area contributed by atoms with Crippen molar-refractivity contribution in [2.24, 2.45) is 0 Å². The summed E-state index contributed by atoms with van der Waals surface area (Å²) in [5.74, 6) is 1.71. The summed E-state index contributed by atoms with van der Waals surface area (Å²) < 4.78 is 12.0. The van der Waals surface area contributed by atoms with Crippen LogP contribution in [0.1, 0.15) is 18.1 Å². The van der Waals surface area contributed by atoms with Gasteiger partial charge in [-0.15, -0.1) is 0 Å². The van der Waals surface area contributed by atoms with Gasteiger partial charge in [-0.1, -0.05) is 25.1 Å². The van der Waals surface area contributed by atoms with Crippen LogP contribution in [-0.2, 0) is 13.2 Å². The van der Waals surface area contributed by atoms with Crippen LogP contribution in [0.3, 0.4) is 0 Å². The van der Waals surface area contributed by atoms with Gasteiger partial charge in [0, 0.05) is 6.54 Å². The monoisotopic (exact) mass is 349 g/mol. The lowest BCUT2D eigenvalue weighted by atomic mass is 10.2. The standard InChI is InChI=1S/C17H20BrNO2/c1-3-19-11-14-6-9-17(16(18)10-14)21-12-13-4-7-15(20-2)8-5-13/h4-10,19H,3,11-12H2,1-2H3. The van der Waals surface area contributed by atoms with Gasteiger partial charge in [0.15, 0.2) is 0 Å². The highest BCUT2D eigenvalue weighted by atomic mass is 79.9. The normalized spacial score (nSPS) is 10.4. The average molecular weight is 350 g/mol. The lowest BCUT2D eigenvalue weighted by Gasteiger charge is -2.10. The van der Waals surface area contributed by atoms with E-state index in [1.54, 1.807) is 7.11 Å². The number of hydrogen-bond donors (Lipinski definition) is 1. The third-order valence-corrected chi connectivity index (χ3v) is 3.75. The first-order valence-corrected chi connectivity index (χ1v) is 7.77. The number of benzene rings is 2. The van der Waals surface area contributed by atoms with Crippen LogP contribution in [0.2, 0.25) is 0 Å². The summed E-state index contributed by atoms with van der Waals surface area (Å²) in [5.41, 5.74) is 2.35. The van der Waals surface area contributed by atoms with E-state index in [-0.39, 0.29) is 0 Å². The van der Waals surface area contributed by atoms with Crippen LogP contribution in [0.5, 0.6) is 11.5 Å². The Morgan fingerprint density at radius 1 is 1.05 bits per heavy atom. The van der Waals surface area contributed by atoms with Crippen LogP contribution in [0.15, 0.2) is 46.9 Å². The first kappa shape index (κ1) is 15.9. The fourth-order valence-electron chi connectivity index (χ4n) is 1.92. The van der Waals surface area contributed by atoms with Crippen LogP contribution >= 0.6 is 15.9 Å². The van der Waals surface area contributed by atoms with Gasteiger partial charge >= 0.3 is 0 Å². The molecule has 0 saturated heterocycles. The molecule has 0 aliphatic heterocycles. The molecule has 0 saturated carbocycles. The summed E-state index contributed by atoms with van der Waals surface area (Å²) in [7, 11) is 1.66. The Morgan fingerprint density at radius 2 is 1.76 bits per heavy atom. The fraction of sp³-hybridized carbons (Fsp3) is 0.294. The molecule has 0 unspecified atom stereocenters. The minimum absolute atomic E-state index is 0.537. The van der Waals surface area contributed by atoms with Gasteiger partial charge in [-0.25, -0.2) is 0 Å². The minimum Gasteiger partial charge on any atom is -0.497 e. The number of halogens is 1. The van der Waals surface area contributed by atoms with Gasteiger partial charge in [-0.2, -0.15) is 0 Å². The molecule has 0 amide bonds. The Balaban J connectivity index is 1.95. The molecule has 4 heteroatoms. The summed E-state index contributed by atoms with van der Waals surface area (Å²) in [5, 5.41) is 3.31.